The highest BCUT2D eigenvalue weighted by Gasteiger charge is 1.94. The molecule has 0 aromatic heterocycles. The highest BCUT2D eigenvalue weighted by molar-refractivity contribution is 5.50. The average molecular weight is 193 g/mol. The number of rotatable bonds is 6. The molecule has 2 heteroatoms. The van der Waals surface area contributed by atoms with Crippen molar-refractivity contribution in [3.8, 4) is 0 Å². The number of nitrogens with one attached hydrogen (secondary N) is 1. The maximum absolute atomic E-state index is 5.38. The van der Waals surface area contributed by atoms with Crippen molar-refractivity contribution in [2.75, 3.05) is 25.1 Å². The summed E-state index contributed by atoms with van der Waals surface area (Å²) in [6, 6.07) is 8.29. The quantitative estimate of drug-likeness (QED) is 0.701. The zero-order valence-corrected chi connectivity index (χ0v) is 9.05. The lowest BCUT2D eigenvalue weighted by Crippen LogP contribution is -2.10. The van der Waals surface area contributed by atoms with E-state index in [1.165, 1.54) is 11.3 Å². The van der Waals surface area contributed by atoms with Crippen molar-refractivity contribution < 1.29 is 4.74 Å². The molecule has 0 heterocycles. The van der Waals surface area contributed by atoms with Crippen LogP contribution >= 0.6 is 0 Å². The Morgan fingerprint density at radius 3 is 2.71 bits per heavy atom. The van der Waals surface area contributed by atoms with Crippen LogP contribution in [0.5, 0.6) is 0 Å². The van der Waals surface area contributed by atoms with Gasteiger partial charge in [0, 0.05) is 18.8 Å². The molecule has 0 atom stereocenters. The van der Waals surface area contributed by atoms with E-state index in [9.17, 15) is 0 Å². The second-order valence-electron chi connectivity index (χ2n) is 3.35. The summed E-state index contributed by atoms with van der Waals surface area (Å²) < 4.78 is 5.38. The van der Waals surface area contributed by atoms with Gasteiger partial charge in [0.1, 0.15) is 0 Å². The van der Waals surface area contributed by atoms with Gasteiger partial charge in [-0.2, -0.15) is 0 Å². The third-order valence-corrected chi connectivity index (χ3v) is 2.06. The number of para-hydroxylation sites is 1. The fourth-order valence-corrected chi connectivity index (χ4v) is 1.28. The topological polar surface area (TPSA) is 21.3 Å². The molecule has 0 aliphatic carbocycles. The molecule has 1 aromatic rings. The lowest BCUT2D eigenvalue weighted by atomic mass is 10.2. The van der Waals surface area contributed by atoms with Crippen LogP contribution in [0.25, 0.3) is 0 Å². The van der Waals surface area contributed by atoms with Crippen LogP contribution in [-0.2, 0) is 4.74 Å². The normalized spacial score (nSPS) is 10.1. The van der Waals surface area contributed by atoms with Crippen LogP contribution in [-0.4, -0.2) is 19.8 Å². The molecular weight excluding hydrogens is 174 g/mol. The molecular formula is C12H19NO. The van der Waals surface area contributed by atoms with Gasteiger partial charge in [0.2, 0.25) is 0 Å². The average Bonchev–Trinajstić information content (AvgIpc) is 2.20. The van der Waals surface area contributed by atoms with Crippen molar-refractivity contribution in [2.45, 2.75) is 20.3 Å². The smallest absolute Gasteiger partial charge is 0.0639 e. The lowest BCUT2D eigenvalue weighted by Gasteiger charge is -2.09. The summed E-state index contributed by atoms with van der Waals surface area (Å²) in [6.45, 7) is 6.74. The molecule has 0 saturated heterocycles. The van der Waals surface area contributed by atoms with E-state index in [0.29, 0.717) is 0 Å². The first-order valence-corrected chi connectivity index (χ1v) is 5.22. The third-order valence-electron chi connectivity index (χ3n) is 2.06. The Morgan fingerprint density at radius 2 is 2.00 bits per heavy atom. The first kappa shape index (κ1) is 11.1. The Balaban J connectivity index is 2.21. The van der Waals surface area contributed by atoms with Gasteiger partial charge in [0.15, 0.2) is 0 Å². The molecule has 78 valence electrons. The molecule has 1 N–H and O–H groups in total. The highest BCUT2D eigenvalue weighted by atomic mass is 16.5. The maximum atomic E-state index is 5.38. The number of ether oxygens (including phenoxy) is 1. The molecule has 0 unspecified atom stereocenters. The molecule has 0 saturated carbocycles. The van der Waals surface area contributed by atoms with Gasteiger partial charge >= 0.3 is 0 Å². The molecule has 2 nitrogen and oxygen atoms in total. The van der Waals surface area contributed by atoms with Crippen molar-refractivity contribution in [1.29, 1.82) is 0 Å². The zero-order valence-electron chi connectivity index (χ0n) is 9.05. The van der Waals surface area contributed by atoms with E-state index in [2.05, 4.69) is 31.3 Å². The Kier molecular flexibility index (Phi) is 5.08. The van der Waals surface area contributed by atoms with Gasteiger partial charge in [-0.25, -0.2) is 0 Å². The summed E-state index contributed by atoms with van der Waals surface area (Å²) in [7, 11) is 0. The summed E-state index contributed by atoms with van der Waals surface area (Å²) in [6.07, 6.45) is 1.09. The van der Waals surface area contributed by atoms with E-state index in [1.54, 1.807) is 0 Å². The minimum absolute atomic E-state index is 0.780. The van der Waals surface area contributed by atoms with Crippen LogP contribution < -0.4 is 5.32 Å². The predicted octanol–water partition coefficient (Wildman–Crippen LogP) is 2.83. The van der Waals surface area contributed by atoms with E-state index < -0.39 is 0 Å². The Bertz CT molecular complexity index is 260. The molecule has 0 bridgehead atoms. The molecule has 1 rings (SSSR count). The van der Waals surface area contributed by atoms with Gasteiger partial charge in [-0.15, -0.1) is 0 Å². The van der Waals surface area contributed by atoms with E-state index >= 15 is 0 Å². The van der Waals surface area contributed by atoms with Gasteiger partial charge in [0.05, 0.1) is 6.61 Å². The highest BCUT2D eigenvalue weighted by Crippen LogP contribution is 2.12. The SMILES string of the molecule is CCCOCCNc1ccccc1C. The summed E-state index contributed by atoms with van der Waals surface area (Å²) in [5.74, 6) is 0. The minimum Gasteiger partial charge on any atom is -0.383 e. The van der Waals surface area contributed by atoms with Crippen molar-refractivity contribution >= 4 is 5.69 Å². The first-order valence-electron chi connectivity index (χ1n) is 5.22. The number of aryl methyl sites for hydroxylation is 1. The molecule has 0 aliphatic heterocycles. The van der Waals surface area contributed by atoms with Crippen LogP contribution in [0.1, 0.15) is 18.9 Å². The van der Waals surface area contributed by atoms with Crippen molar-refractivity contribution in [3.63, 3.8) is 0 Å². The molecule has 0 fully saturated rings. The Labute approximate surface area is 86.3 Å². The number of anilines is 1. The Morgan fingerprint density at radius 1 is 1.21 bits per heavy atom. The van der Waals surface area contributed by atoms with Gasteiger partial charge in [0.25, 0.3) is 0 Å². The van der Waals surface area contributed by atoms with Gasteiger partial charge in [-0.3, -0.25) is 0 Å². The standard InChI is InChI=1S/C12H19NO/c1-3-9-14-10-8-13-12-7-5-4-6-11(12)2/h4-7,13H,3,8-10H2,1-2H3. The monoisotopic (exact) mass is 193 g/mol. The molecule has 0 spiro atoms. The van der Waals surface area contributed by atoms with Crippen LogP contribution in [0, 0.1) is 6.92 Å². The van der Waals surface area contributed by atoms with Crippen molar-refractivity contribution in [3.05, 3.63) is 29.8 Å². The summed E-state index contributed by atoms with van der Waals surface area (Å²) in [5, 5.41) is 3.35. The molecule has 0 radical (unpaired) electrons. The largest absolute Gasteiger partial charge is 0.383 e. The second-order valence-corrected chi connectivity index (χ2v) is 3.35. The van der Waals surface area contributed by atoms with Gasteiger partial charge in [-0.1, -0.05) is 25.1 Å². The summed E-state index contributed by atoms with van der Waals surface area (Å²) in [4.78, 5) is 0. The summed E-state index contributed by atoms with van der Waals surface area (Å²) in [5.41, 5.74) is 2.48. The van der Waals surface area contributed by atoms with Crippen LogP contribution in [0.4, 0.5) is 5.69 Å². The number of benzene rings is 1. The molecule has 0 aliphatic rings. The molecule has 1 aromatic carbocycles. The predicted molar refractivity (Wildman–Crippen MR) is 60.8 cm³/mol. The van der Waals surface area contributed by atoms with E-state index in [1.807, 2.05) is 12.1 Å². The first-order chi connectivity index (χ1) is 6.84. The van der Waals surface area contributed by atoms with E-state index in [-0.39, 0.29) is 0 Å². The fraction of sp³-hybridized carbons (Fsp3) is 0.500. The van der Waals surface area contributed by atoms with E-state index in [4.69, 9.17) is 4.74 Å². The van der Waals surface area contributed by atoms with Crippen molar-refractivity contribution in [1.82, 2.24) is 0 Å². The third kappa shape index (κ3) is 3.79. The number of hydrogen-bond acceptors (Lipinski definition) is 2. The fourth-order valence-electron chi connectivity index (χ4n) is 1.28. The van der Waals surface area contributed by atoms with Crippen LogP contribution in [0.2, 0.25) is 0 Å². The molecule has 0 amide bonds. The Hall–Kier alpha value is -1.02. The maximum Gasteiger partial charge on any atom is 0.0639 e. The zero-order chi connectivity index (χ0) is 10.2. The van der Waals surface area contributed by atoms with Gasteiger partial charge < -0.3 is 10.1 Å². The van der Waals surface area contributed by atoms with Crippen LogP contribution in [0.15, 0.2) is 24.3 Å². The van der Waals surface area contributed by atoms with Crippen LogP contribution in [0.3, 0.4) is 0 Å². The van der Waals surface area contributed by atoms with Gasteiger partial charge in [-0.05, 0) is 25.0 Å². The second kappa shape index (κ2) is 6.44. The summed E-state index contributed by atoms with van der Waals surface area (Å²) >= 11 is 0. The number of hydrogen-bond donors (Lipinski definition) is 1. The lowest BCUT2D eigenvalue weighted by molar-refractivity contribution is 0.144. The van der Waals surface area contributed by atoms with E-state index in [0.717, 1.165) is 26.2 Å². The minimum atomic E-state index is 0.780. The molecule has 14 heavy (non-hydrogen) atoms. The van der Waals surface area contributed by atoms with Crippen molar-refractivity contribution in [2.24, 2.45) is 0 Å².